The number of carbonyl (C=O) groups is 1. The average Bonchev–Trinajstić information content (AvgIpc) is 3.28. The first-order valence-corrected chi connectivity index (χ1v) is 8.39. The number of hydrogen-bond donors (Lipinski definition) is 1. The minimum atomic E-state index is 0.0209. The summed E-state index contributed by atoms with van der Waals surface area (Å²) in [6.07, 6.45) is 5.15. The lowest BCUT2D eigenvalue weighted by atomic mass is 9.98. The van der Waals surface area contributed by atoms with Crippen LogP contribution in [-0.4, -0.2) is 44.0 Å². The van der Waals surface area contributed by atoms with Gasteiger partial charge in [0, 0.05) is 48.1 Å². The van der Waals surface area contributed by atoms with Gasteiger partial charge in [-0.1, -0.05) is 23.4 Å². The topological polar surface area (TPSA) is 87.9 Å². The van der Waals surface area contributed by atoms with E-state index in [1.807, 2.05) is 36.4 Å². The molecule has 0 spiro atoms. The maximum absolute atomic E-state index is 12.7. The Labute approximate surface area is 148 Å². The van der Waals surface area contributed by atoms with Gasteiger partial charge in [0.1, 0.15) is 0 Å². The number of fused-ring (bicyclic) bond motifs is 1. The minimum Gasteiger partial charge on any atom is -0.360 e. The van der Waals surface area contributed by atoms with Gasteiger partial charge in [0.05, 0.1) is 11.5 Å². The molecule has 1 N–H and O–H groups in total. The molecule has 0 saturated carbocycles. The van der Waals surface area contributed by atoms with E-state index in [2.05, 4.69) is 20.1 Å². The van der Waals surface area contributed by atoms with Crippen molar-refractivity contribution in [2.75, 3.05) is 13.1 Å². The number of nitrogens with one attached hydrogen (secondary N) is 1. The Hall–Kier alpha value is -3.48. The summed E-state index contributed by atoms with van der Waals surface area (Å²) in [4.78, 5) is 26.1. The SMILES string of the molecule is O=C(c1c[nH]c2ccccc12)N1CC(c2nc(-c3ccncc3)no2)C1. The molecular weight excluding hydrogens is 330 g/mol. The van der Waals surface area contributed by atoms with Crippen molar-refractivity contribution in [1.29, 1.82) is 0 Å². The van der Waals surface area contributed by atoms with Gasteiger partial charge >= 0.3 is 0 Å². The van der Waals surface area contributed by atoms with E-state index < -0.39 is 0 Å². The number of aromatic amines is 1. The predicted molar refractivity (Wildman–Crippen MR) is 94.5 cm³/mol. The lowest BCUT2D eigenvalue weighted by Gasteiger charge is -2.36. The van der Waals surface area contributed by atoms with Crippen molar-refractivity contribution in [3.8, 4) is 11.4 Å². The normalized spacial score (nSPS) is 14.5. The van der Waals surface area contributed by atoms with Crippen molar-refractivity contribution in [2.24, 2.45) is 0 Å². The molecule has 4 heterocycles. The van der Waals surface area contributed by atoms with E-state index in [0.717, 1.165) is 16.5 Å². The summed E-state index contributed by atoms with van der Waals surface area (Å²) >= 11 is 0. The van der Waals surface area contributed by atoms with Gasteiger partial charge < -0.3 is 14.4 Å². The molecule has 1 saturated heterocycles. The fraction of sp³-hybridized carbons (Fsp3) is 0.158. The van der Waals surface area contributed by atoms with Crippen LogP contribution in [0.5, 0.6) is 0 Å². The number of likely N-dealkylation sites (tertiary alicyclic amines) is 1. The molecule has 7 nitrogen and oxygen atoms in total. The largest absolute Gasteiger partial charge is 0.360 e. The molecule has 4 aromatic rings. The quantitative estimate of drug-likeness (QED) is 0.617. The minimum absolute atomic E-state index is 0.0209. The molecule has 0 unspecified atom stereocenters. The highest BCUT2D eigenvalue weighted by atomic mass is 16.5. The Bertz CT molecular complexity index is 1080. The maximum atomic E-state index is 12.7. The number of rotatable bonds is 3. The van der Waals surface area contributed by atoms with Crippen LogP contribution in [0.1, 0.15) is 22.2 Å². The van der Waals surface area contributed by atoms with E-state index in [9.17, 15) is 4.79 Å². The molecule has 0 bridgehead atoms. The van der Waals surface area contributed by atoms with Gasteiger partial charge in [-0.05, 0) is 18.2 Å². The molecule has 0 aliphatic carbocycles. The highest BCUT2D eigenvalue weighted by molar-refractivity contribution is 6.07. The summed E-state index contributed by atoms with van der Waals surface area (Å²) in [5.74, 6) is 1.21. The molecule has 26 heavy (non-hydrogen) atoms. The van der Waals surface area contributed by atoms with Crippen molar-refractivity contribution in [1.82, 2.24) is 25.0 Å². The zero-order chi connectivity index (χ0) is 17.5. The van der Waals surface area contributed by atoms with E-state index >= 15 is 0 Å². The van der Waals surface area contributed by atoms with Crippen LogP contribution in [0.2, 0.25) is 0 Å². The smallest absolute Gasteiger partial charge is 0.256 e. The van der Waals surface area contributed by atoms with Crippen LogP contribution in [-0.2, 0) is 0 Å². The van der Waals surface area contributed by atoms with Crippen molar-refractivity contribution < 1.29 is 9.32 Å². The number of H-pyrrole nitrogens is 1. The van der Waals surface area contributed by atoms with E-state index in [1.54, 1.807) is 23.5 Å². The molecule has 7 heteroatoms. The van der Waals surface area contributed by atoms with Crippen LogP contribution in [0.15, 0.2) is 59.5 Å². The highest BCUT2D eigenvalue weighted by Crippen LogP contribution is 2.30. The van der Waals surface area contributed by atoms with Gasteiger partial charge in [0.2, 0.25) is 11.7 Å². The molecule has 128 valence electrons. The Kier molecular flexibility index (Phi) is 3.31. The zero-order valence-electron chi connectivity index (χ0n) is 13.8. The first kappa shape index (κ1) is 14.8. The Morgan fingerprint density at radius 1 is 1.15 bits per heavy atom. The second kappa shape index (κ2) is 5.80. The second-order valence-corrected chi connectivity index (χ2v) is 6.35. The van der Waals surface area contributed by atoms with Gasteiger partial charge in [0.15, 0.2) is 0 Å². The third-order valence-corrected chi connectivity index (χ3v) is 4.72. The number of para-hydroxylation sites is 1. The first-order valence-electron chi connectivity index (χ1n) is 8.39. The van der Waals surface area contributed by atoms with Crippen molar-refractivity contribution in [2.45, 2.75) is 5.92 Å². The Morgan fingerprint density at radius 3 is 2.81 bits per heavy atom. The van der Waals surface area contributed by atoms with Crippen LogP contribution < -0.4 is 0 Å². The van der Waals surface area contributed by atoms with Gasteiger partial charge in [-0.15, -0.1) is 0 Å². The molecule has 1 fully saturated rings. The summed E-state index contributed by atoms with van der Waals surface area (Å²) in [6, 6.07) is 11.5. The molecule has 1 aliphatic heterocycles. The molecule has 3 aromatic heterocycles. The zero-order valence-corrected chi connectivity index (χ0v) is 13.8. The molecule has 0 atom stereocenters. The fourth-order valence-corrected chi connectivity index (χ4v) is 3.24. The lowest BCUT2D eigenvalue weighted by molar-refractivity contribution is 0.0571. The Morgan fingerprint density at radius 2 is 1.96 bits per heavy atom. The number of hydrogen-bond acceptors (Lipinski definition) is 5. The van der Waals surface area contributed by atoms with Gasteiger partial charge in [-0.3, -0.25) is 9.78 Å². The van der Waals surface area contributed by atoms with E-state index in [0.29, 0.717) is 30.4 Å². The van der Waals surface area contributed by atoms with Crippen LogP contribution in [0, 0.1) is 0 Å². The summed E-state index contributed by atoms with van der Waals surface area (Å²) in [5.41, 5.74) is 2.52. The summed E-state index contributed by atoms with van der Waals surface area (Å²) < 4.78 is 5.39. The molecule has 1 amide bonds. The van der Waals surface area contributed by atoms with E-state index in [1.165, 1.54) is 0 Å². The van der Waals surface area contributed by atoms with Crippen molar-refractivity contribution in [3.63, 3.8) is 0 Å². The third-order valence-electron chi connectivity index (χ3n) is 4.72. The van der Waals surface area contributed by atoms with Gasteiger partial charge in [-0.2, -0.15) is 4.98 Å². The van der Waals surface area contributed by atoms with Crippen LogP contribution in [0.3, 0.4) is 0 Å². The van der Waals surface area contributed by atoms with E-state index in [4.69, 9.17) is 4.52 Å². The number of aromatic nitrogens is 4. The molecular formula is C19H15N5O2. The lowest BCUT2D eigenvalue weighted by Crippen LogP contribution is -2.48. The number of pyridine rings is 1. The summed E-state index contributed by atoms with van der Waals surface area (Å²) in [5, 5.41) is 4.97. The predicted octanol–water partition coefficient (Wildman–Crippen LogP) is 2.85. The van der Waals surface area contributed by atoms with Crippen molar-refractivity contribution >= 4 is 16.8 Å². The summed E-state index contributed by atoms with van der Waals surface area (Å²) in [7, 11) is 0. The number of nitrogens with zero attached hydrogens (tertiary/aromatic N) is 4. The third kappa shape index (κ3) is 2.36. The molecule has 0 radical (unpaired) electrons. The van der Waals surface area contributed by atoms with Crippen LogP contribution in [0.4, 0.5) is 0 Å². The Balaban J connectivity index is 1.30. The molecule has 1 aromatic carbocycles. The van der Waals surface area contributed by atoms with E-state index in [-0.39, 0.29) is 11.8 Å². The second-order valence-electron chi connectivity index (χ2n) is 6.35. The number of benzene rings is 1. The highest BCUT2D eigenvalue weighted by Gasteiger charge is 2.36. The number of carbonyl (C=O) groups excluding carboxylic acids is 1. The maximum Gasteiger partial charge on any atom is 0.256 e. The van der Waals surface area contributed by atoms with Crippen molar-refractivity contribution in [3.05, 3.63) is 66.4 Å². The first-order chi connectivity index (χ1) is 12.8. The van der Waals surface area contributed by atoms with Crippen LogP contribution >= 0.6 is 0 Å². The molecule has 5 rings (SSSR count). The fourth-order valence-electron chi connectivity index (χ4n) is 3.24. The average molecular weight is 345 g/mol. The molecule has 1 aliphatic rings. The van der Waals surface area contributed by atoms with Crippen LogP contribution in [0.25, 0.3) is 22.3 Å². The summed E-state index contributed by atoms with van der Waals surface area (Å²) in [6.45, 7) is 1.16. The number of amides is 1. The monoisotopic (exact) mass is 345 g/mol. The van der Waals surface area contributed by atoms with Gasteiger partial charge in [0.25, 0.3) is 5.91 Å². The standard InChI is InChI=1S/C19H15N5O2/c25-19(15-9-21-16-4-2-1-3-14(15)16)24-10-13(11-24)18-22-17(23-26-18)12-5-7-20-8-6-12/h1-9,13,21H,10-11H2. The van der Waals surface area contributed by atoms with Gasteiger partial charge in [-0.25, -0.2) is 0 Å².